The smallest absolute Gasteiger partial charge is 0.140 e. The van der Waals surface area contributed by atoms with Crippen LogP contribution < -0.4 is 0 Å². The summed E-state index contributed by atoms with van der Waals surface area (Å²) >= 11 is 9.40. The first-order valence-corrected chi connectivity index (χ1v) is 5.21. The minimum atomic E-state index is 0.745. The van der Waals surface area contributed by atoms with E-state index in [2.05, 4.69) is 32.8 Å². The van der Waals surface area contributed by atoms with Crippen molar-refractivity contribution >= 4 is 38.6 Å². The van der Waals surface area contributed by atoms with Crippen LogP contribution in [0.5, 0.6) is 0 Å². The van der Waals surface area contributed by atoms with Gasteiger partial charge in [-0.1, -0.05) is 18.5 Å². The van der Waals surface area contributed by atoms with Crippen LogP contribution in [0.3, 0.4) is 0 Å². The van der Waals surface area contributed by atoms with Crippen LogP contribution in [-0.2, 0) is 6.42 Å². The Morgan fingerprint density at radius 2 is 2.38 bits per heavy atom. The van der Waals surface area contributed by atoms with Crippen LogP contribution >= 0.6 is 27.5 Å². The van der Waals surface area contributed by atoms with Crippen molar-refractivity contribution < 1.29 is 0 Å². The number of nitrogens with zero attached hydrogens (tertiary/aromatic N) is 1. The van der Waals surface area contributed by atoms with Gasteiger partial charge in [0.15, 0.2) is 0 Å². The number of aromatic nitrogens is 2. The lowest BCUT2D eigenvalue weighted by molar-refractivity contribution is 1.15. The largest absolute Gasteiger partial charge is 0.346 e. The van der Waals surface area contributed by atoms with E-state index in [0.717, 1.165) is 27.1 Å². The van der Waals surface area contributed by atoms with Gasteiger partial charge in [0.25, 0.3) is 0 Å². The second-order valence-corrected chi connectivity index (χ2v) is 4.04. The zero-order valence-corrected chi connectivity index (χ0v) is 9.41. The third kappa shape index (κ3) is 1.46. The number of pyridine rings is 1. The molecule has 2 nitrogen and oxygen atoms in total. The lowest BCUT2D eigenvalue weighted by Gasteiger charge is -1.97. The molecule has 0 atom stereocenters. The topological polar surface area (TPSA) is 28.7 Å². The lowest BCUT2D eigenvalue weighted by atomic mass is 10.2. The van der Waals surface area contributed by atoms with Crippen LogP contribution in [0.25, 0.3) is 11.0 Å². The molecule has 0 spiro atoms. The van der Waals surface area contributed by atoms with E-state index < -0.39 is 0 Å². The zero-order valence-electron chi connectivity index (χ0n) is 7.06. The predicted molar refractivity (Wildman–Crippen MR) is 58.2 cm³/mol. The van der Waals surface area contributed by atoms with E-state index in [-0.39, 0.29) is 0 Å². The van der Waals surface area contributed by atoms with Gasteiger partial charge in [0, 0.05) is 11.6 Å². The Hall–Kier alpha value is -0.540. The van der Waals surface area contributed by atoms with Gasteiger partial charge in [-0.2, -0.15) is 0 Å². The van der Waals surface area contributed by atoms with Crippen LogP contribution in [0, 0.1) is 0 Å². The van der Waals surface area contributed by atoms with Crippen molar-refractivity contribution in [1.29, 1.82) is 0 Å². The molecule has 0 saturated heterocycles. The Morgan fingerprint density at radius 3 is 3.08 bits per heavy atom. The van der Waals surface area contributed by atoms with Crippen LogP contribution in [-0.4, -0.2) is 9.97 Å². The van der Waals surface area contributed by atoms with Gasteiger partial charge in [0.2, 0.25) is 0 Å². The second kappa shape index (κ2) is 3.31. The van der Waals surface area contributed by atoms with Gasteiger partial charge in [-0.3, -0.25) is 0 Å². The van der Waals surface area contributed by atoms with Crippen molar-refractivity contribution in [2.75, 3.05) is 0 Å². The SMILES string of the molecule is CCc1c[nH]c2nc(Br)cc(Cl)c12. The van der Waals surface area contributed by atoms with Crippen LogP contribution in [0.4, 0.5) is 0 Å². The van der Waals surface area contributed by atoms with Crippen LogP contribution in [0.2, 0.25) is 5.02 Å². The number of H-pyrrole nitrogens is 1. The van der Waals surface area contributed by atoms with E-state index in [1.54, 1.807) is 0 Å². The molecule has 2 aromatic rings. The molecule has 0 aliphatic carbocycles. The maximum atomic E-state index is 6.10. The average molecular weight is 260 g/mol. The number of aryl methyl sites for hydroxylation is 1. The highest BCUT2D eigenvalue weighted by Gasteiger charge is 2.08. The molecule has 68 valence electrons. The summed E-state index contributed by atoms with van der Waals surface area (Å²) in [6, 6.07) is 1.82. The number of hydrogen-bond donors (Lipinski definition) is 1. The normalized spacial score (nSPS) is 11.0. The molecule has 0 amide bonds. The highest BCUT2D eigenvalue weighted by atomic mass is 79.9. The maximum Gasteiger partial charge on any atom is 0.140 e. The van der Waals surface area contributed by atoms with E-state index in [4.69, 9.17) is 11.6 Å². The van der Waals surface area contributed by atoms with E-state index in [0.29, 0.717) is 0 Å². The molecule has 0 bridgehead atoms. The van der Waals surface area contributed by atoms with Crippen molar-refractivity contribution in [3.8, 4) is 0 Å². The molecule has 4 heteroatoms. The predicted octanol–water partition coefficient (Wildman–Crippen LogP) is 3.54. The molecular weight excluding hydrogens is 251 g/mol. The third-order valence-corrected chi connectivity index (χ3v) is 2.73. The summed E-state index contributed by atoms with van der Waals surface area (Å²) in [6.07, 6.45) is 2.92. The van der Waals surface area contributed by atoms with E-state index in [1.807, 2.05) is 12.3 Å². The fraction of sp³-hybridized carbons (Fsp3) is 0.222. The number of halogens is 2. The molecule has 2 heterocycles. The van der Waals surface area contributed by atoms with Crippen LogP contribution in [0.15, 0.2) is 16.9 Å². The molecule has 0 saturated carbocycles. The first-order valence-electron chi connectivity index (χ1n) is 4.04. The number of aromatic amines is 1. The van der Waals surface area contributed by atoms with Crippen molar-refractivity contribution in [3.05, 3.63) is 27.5 Å². The molecule has 0 aliphatic rings. The fourth-order valence-electron chi connectivity index (χ4n) is 1.40. The molecular formula is C9H8BrClN2. The average Bonchev–Trinajstić information content (AvgIpc) is 2.47. The number of rotatable bonds is 1. The molecule has 0 aliphatic heterocycles. The minimum absolute atomic E-state index is 0.745. The molecule has 1 N–H and O–H groups in total. The zero-order chi connectivity index (χ0) is 9.42. The Labute approximate surface area is 89.4 Å². The van der Waals surface area contributed by atoms with E-state index in [9.17, 15) is 0 Å². The summed E-state index contributed by atoms with van der Waals surface area (Å²) in [4.78, 5) is 7.38. The van der Waals surface area contributed by atoms with Gasteiger partial charge in [-0.25, -0.2) is 4.98 Å². The Kier molecular flexibility index (Phi) is 2.30. The number of nitrogens with one attached hydrogen (secondary N) is 1. The first-order chi connectivity index (χ1) is 6.22. The summed E-state index contributed by atoms with van der Waals surface area (Å²) in [5.74, 6) is 0. The van der Waals surface area contributed by atoms with E-state index >= 15 is 0 Å². The Bertz CT molecular complexity index is 450. The molecule has 0 aromatic carbocycles. The minimum Gasteiger partial charge on any atom is -0.346 e. The molecule has 2 aromatic heterocycles. The van der Waals surface area contributed by atoms with Crippen molar-refractivity contribution in [2.45, 2.75) is 13.3 Å². The first kappa shape index (κ1) is 9.03. The van der Waals surface area contributed by atoms with Gasteiger partial charge in [0.05, 0.1) is 5.02 Å². The highest BCUT2D eigenvalue weighted by molar-refractivity contribution is 9.10. The summed E-state index contributed by atoms with van der Waals surface area (Å²) in [5.41, 5.74) is 2.05. The summed E-state index contributed by atoms with van der Waals surface area (Å²) < 4.78 is 0.759. The van der Waals surface area contributed by atoms with Gasteiger partial charge in [-0.05, 0) is 34.0 Å². The molecule has 0 fully saturated rings. The van der Waals surface area contributed by atoms with Crippen LogP contribution in [0.1, 0.15) is 12.5 Å². The Morgan fingerprint density at radius 1 is 1.62 bits per heavy atom. The molecule has 2 rings (SSSR count). The van der Waals surface area contributed by atoms with Crippen molar-refractivity contribution in [3.63, 3.8) is 0 Å². The molecule has 0 radical (unpaired) electrons. The van der Waals surface area contributed by atoms with Gasteiger partial charge >= 0.3 is 0 Å². The quantitative estimate of drug-likeness (QED) is 0.780. The number of hydrogen-bond acceptors (Lipinski definition) is 1. The summed E-state index contributed by atoms with van der Waals surface area (Å²) in [5, 5.41) is 1.78. The van der Waals surface area contributed by atoms with Crippen molar-refractivity contribution in [2.24, 2.45) is 0 Å². The monoisotopic (exact) mass is 258 g/mol. The summed E-state index contributed by atoms with van der Waals surface area (Å²) in [7, 11) is 0. The number of fused-ring (bicyclic) bond motifs is 1. The molecule has 0 unspecified atom stereocenters. The standard InChI is InChI=1S/C9H8BrClN2/c1-2-5-4-12-9-8(5)6(11)3-7(10)13-9/h3-4H,2H2,1H3,(H,12,13). The van der Waals surface area contributed by atoms with Gasteiger partial charge < -0.3 is 4.98 Å². The fourth-order valence-corrected chi connectivity index (χ4v) is 2.25. The van der Waals surface area contributed by atoms with E-state index in [1.165, 1.54) is 5.56 Å². The Balaban J connectivity index is 2.82. The molecule has 13 heavy (non-hydrogen) atoms. The van der Waals surface area contributed by atoms with Gasteiger partial charge in [0.1, 0.15) is 10.3 Å². The second-order valence-electron chi connectivity index (χ2n) is 2.82. The third-order valence-electron chi connectivity index (χ3n) is 2.03. The van der Waals surface area contributed by atoms with Crippen molar-refractivity contribution in [1.82, 2.24) is 9.97 Å². The lowest BCUT2D eigenvalue weighted by Crippen LogP contribution is -1.81. The maximum absolute atomic E-state index is 6.10. The van der Waals surface area contributed by atoms with Gasteiger partial charge in [-0.15, -0.1) is 0 Å². The highest BCUT2D eigenvalue weighted by Crippen LogP contribution is 2.28. The summed E-state index contributed by atoms with van der Waals surface area (Å²) in [6.45, 7) is 2.10.